The van der Waals surface area contributed by atoms with E-state index in [-0.39, 0.29) is 18.0 Å². The first kappa shape index (κ1) is 15.2. The molecular formula is C17H18FNO2. The standard InChI is InChI=1S/C17H18FNO2/c1-12(21)17-15(18)3-2-4-16(17)19-10-9-13-5-7-14(11-20)8-6-13/h2-8,19-20H,9-11H2,1H3. The Morgan fingerprint density at radius 3 is 2.43 bits per heavy atom. The van der Waals surface area contributed by atoms with Crippen molar-refractivity contribution >= 4 is 11.5 Å². The minimum Gasteiger partial charge on any atom is -0.392 e. The maximum absolute atomic E-state index is 13.7. The summed E-state index contributed by atoms with van der Waals surface area (Å²) in [6.45, 7) is 1.99. The first-order valence-electron chi connectivity index (χ1n) is 6.84. The Balaban J connectivity index is 2.00. The van der Waals surface area contributed by atoms with Gasteiger partial charge in [-0.25, -0.2) is 4.39 Å². The number of ketones is 1. The van der Waals surface area contributed by atoms with Crippen molar-refractivity contribution in [3.63, 3.8) is 0 Å². The molecule has 2 rings (SSSR count). The molecule has 2 aromatic rings. The minimum absolute atomic E-state index is 0.0315. The van der Waals surface area contributed by atoms with Crippen LogP contribution in [-0.4, -0.2) is 17.4 Å². The van der Waals surface area contributed by atoms with Crippen LogP contribution in [0.4, 0.5) is 10.1 Å². The van der Waals surface area contributed by atoms with E-state index in [0.717, 1.165) is 17.5 Å². The molecule has 0 radical (unpaired) electrons. The second-order valence-corrected chi connectivity index (χ2v) is 4.87. The molecule has 0 aliphatic heterocycles. The molecule has 0 amide bonds. The van der Waals surface area contributed by atoms with Gasteiger partial charge in [-0.05, 0) is 36.6 Å². The van der Waals surface area contributed by atoms with E-state index in [2.05, 4.69) is 5.32 Å². The number of anilines is 1. The summed E-state index contributed by atoms with van der Waals surface area (Å²) in [5.41, 5.74) is 2.61. The fraction of sp³-hybridized carbons (Fsp3) is 0.235. The summed E-state index contributed by atoms with van der Waals surface area (Å²) in [6, 6.07) is 12.2. The van der Waals surface area contributed by atoms with Crippen LogP contribution in [0.25, 0.3) is 0 Å². The molecule has 0 heterocycles. The molecule has 0 aliphatic rings. The quantitative estimate of drug-likeness (QED) is 0.802. The third kappa shape index (κ3) is 3.89. The molecule has 0 atom stereocenters. The molecule has 2 N–H and O–H groups in total. The summed E-state index contributed by atoms with van der Waals surface area (Å²) in [6.07, 6.45) is 0.750. The summed E-state index contributed by atoms with van der Waals surface area (Å²) in [5, 5.41) is 12.1. The largest absolute Gasteiger partial charge is 0.392 e. The number of aliphatic hydroxyl groups is 1. The Morgan fingerprint density at radius 2 is 1.81 bits per heavy atom. The third-order valence-electron chi connectivity index (χ3n) is 3.30. The maximum atomic E-state index is 13.7. The highest BCUT2D eigenvalue weighted by Crippen LogP contribution is 2.19. The topological polar surface area (TPSA) is 49.3 Å². The predicted octanol–water partition coefficient (Wildman–Crippen LogP) is 3.18. The van der Waals surface area contributed by atoms with Crippen LogP contribution in [0.1, 0.15) is 28.4 Å². The van der Waals surface area contributed by atoms with E-state index in [4.69, 9.17) is 5.11 Å². The van der Waals surface area contributed by atoms with Crippen LogP contribution in [0.3, 0.4) is 0 Å². The highest BCUT2D eigenvalue weighted by Gasteiger charge is 2.12. The van der Waals surface area contributed by atoms with Crippen molar-refractivity contribution in [3.05, 3.63) is 65.0 Å². The first-order chi connectivity index (χ1) is 10.1. The van der Waals surface area contributed by atoms with Crippen LogP contribution in [0.5, 0.6) is 0 Å². The minimum atomic E-state index is -0.500. The van der Waals surface area contributed by atoms with Crippen LogP contribution in [0, 0.1) is 5.82 Å². The van der Waals surface area contributed by atoms with Gasteiger partial charge in [-0.1, -0.05) is 30.3 Å². The number of hydrogen-bond acceptors (Lipinski definition) is 3. The number of carbonyl (C=O) groups is 1. The van der Waals surface area contributed by atoms with Gasteiger partial charge in [-0.2, -0.15) is 0 Å². The summed E-state index contributed by atoms with van der Waals surface area (Å²) in [4.78, 5) is 11.5. The molecule has 0 saturated carbocycles. The second-order valence-electron chi connectivity index (χ2n) is 4.87. The van der Waals surface area contributed by atoms with Crippen molar-refractivity contribution in [2.45, 2.75) is 20.0 Å². The molecule has 110 valence electrons. The van der Waals surface area contributed by atoms with Crippen molar-refractivity contribution < 1.29 is 14.3 Å². The summed E-state index contributed by atoms with van der Waals surface area (Å²) >= 11 is 0. The van der Waals surface area contributed by atoms with Crippen molar-refractivity contribution in [1.82, 2.24) is 0 Å². The monoisotopic (exact) mass is 287 g/mol. The zero-order chi connectivity index (χ0) is 15.2. The molecule has 0 bridgehead atoms. The van der Waals surface area contributed by atoms with Crippen LogP contribution in [0.2, 0.25) is 0 Å². The lowest BCUT2D eigenvalue weighted by Crippen LogP contribution is -2.10. The Labute approximate surface area is 123 Å². The summed E-state index contributed by atoms with van der Waals surface area (Å²) < 4.78 is 13.7. The van der Waals surface area contributed by atoms with Crippen LogP contribution in [0.15, 0.2) is 42.5 Å². The van der Waals surface area contributed by atoms with Gasteiger partial charge < -0.3 is 10.4 Å². The number of halogens is 1. The molecule has 4 heteroatoms. The number of hydrogen-bond donors (Lipinski definition) is 2. The molecule has 21 heavy (non-hydrogen) atoms. The van der Waals surface area contributed by atoms with Gasteiger partial charge >= 0.3 is 0 Å². The van der Waals surface area contributed by atoms with Gasteiger partial charge in [-0.15, -0.1) is 0 Å². The predicted molar refractivity (Wildman–Crippen MR) is 81.0 cm³/mol. The van der Waals surface area contributed by atoms with Gasteiger partial charge in [0.25, 0.3) is 0 Å². The summed E-state index contributed by atoms with van der Waals surface area (Å²) in [7, 11) is 0. The normalized spacial score (nSPS) is 10.4. The number of Topliss-reactive ketones (excluding diaryl/α,β-unsaturated/α-hetero) is 1. The molecule has 2 aromatic carbocycles. The van der Waals surface area contributed by atoms with Crippen molar-refractivity contribution in [2.24, 2.45) is 0 Å². The van der Waals surface area contributed by atoms with Crippen molar-refractivity contribution in [3.8, 4) is 0 Å². The van der Waals surface area contributed by atoms with E-state index in [0.29, 0.717) is 12.2 Å². The van der Waals surface area contributed by atoms with E-state index < -0.39 is 5.82 Å². The highest BCUT2D eigenvalue weighted by atomic mass is 19.1. The Hall–Kier alpha value is -2.20. The maximum Gasteiger partial charge on any atom is 0.164 e. The van der Waals surface area contributed by atoms with Gasteiger partial charge in [0.1, 0.15) is 5.82 Å². The third-order valence-corrected chi connectivity index (χ3v) is 3.30. The zero-order valence-corrected chi connectivity index (χ0v) is 11.9. The van der Waals surface area contributed by atoms with E-state index in [1.165, 1.54) is 13.0 Å². The average molecular weight is 287 g/mol. The van der Waals surface area contributed by atoms with Gasteiger partial charge in [0, 0.05) is 12.2 Å². The molecule has 0 unspecified atom stereocenters. The number of benzene rings is 2. The lowest BCUT2D eigenvalue weighted by atomic mass is 10.1. The smallest absolute Gasteiger partial charge is 0.164 e. The van der Waals surface area contributed by atoms with Crippen LogP contribution in [-0.2, 0) is 13.0 Å². The second kappa shape index (κ2) is 6.99. The molecule has 0 aliphatic carbocycles. The fourth-order valence-electron chi connectivity index (χ4n) is 2.18. The SMILES string of the molecule is CC(=O)c1c(F)cccc1NCCc1ccc(CO)cc1. The molecule has 0 saturated heterocycles. The van der Waals surface area contributed by atoms with E-state index >= 15 is 0 Å². The number of nitrogens with one attached hydrogen (secondary N) is 1. The number of carbonyl (C=O) groups excluding carboxylic acids is 1. The number of aliphatic hydroxyl groups excluding tert-OH is 1. The van der Waals surface area contributed by atoms with Gasteiger partial charge in [0.15, 0.2) is 5.78 Å². The molecule has 0 aromatic heterocycles. The Morgan fingerprint density at radius 1 is 1.14 bits per heavy atom. The zero-order valence-electron chi connectivity index (χ0n) is 11.9. The van der Waals surface area contributed by atoms with Gasteiger partial charge in [-0.3, -0.25) is 4.79 Å². The molecule has 3 nitrogen and oxygen atoms in total. The first-order valence-corrected chi connectivity index (χ1v) is 6.84. The van der Waals surface area contributed by atoms with Crippen LogP contribution < -0.4 is 5.32 Å². The van der Waals surface area contributed by atoms with Crippen LogP contribution >= 0.6 is 0 Å². The van der Waals surface area contributed by atoms with Crippen molar-refractivity contribution in [2.75, 3.05) is 11.9 Å². The average Bonchev–Trinajstić information content (AvgIpc) is 2.47. The van der Waals surface area contributed by atoms with Crippen molar-refractivity contribution in [1.29, 1.82) is 0 Å². The van der Waals surface area contributed by atoms with Gasteiger partial charge in [0.05, 0.1) is 12.2 Å². The molecule has 0 fully saturated rings. The Bertz CT molecular complexity index is 623. The van der Waals surface area contributed by atoms with E-state index in [1.807, 2.05) is 24.3 Å². The summed E-state index contributed by atoms with van der Waals surface area (Å²) in [5.74, 6) is -0.789. The van der Waals surface area contributed by atoms with E-state index in [1.54, 1.807) is 12.1 Å². The molecule has 0 spiro atoms. The highest BCUT2D eigenvalue weighted by molar-refractivity contribution is 5.99. The number of rotatable bonds is 6. The lowest BCUT2D eigenvalue weighted by Gasteiger charge is -2.11. The lowest BCUT2D eigenvalue weighted by molar-refractivity contribution is 0.101. The van der Waals surface area contributed by atoms with E-state index in [9.17, 15) is 9.18 Å². The fourth-order valence-corrected chi connectivity index (χ4v) is 2.18. The van der Waals surface area contributed by atoms with Gasteiger partial charge in [0.2, 0.25) is 0 Å². The molecular weight excluding hydrogens is 269 g/mol. The Kier molecular flexibility index (Phi) is 5.06.